The number of rotatable bonds is 7. The van der Waals surface area contributed by atoms with Crippen LogP contribution in [-0.2, 0) is 14.3 Å². The zero-order valence-electron chi connectivity index (χ0n) is 13.0. The molecule has 2 N–H and O–H groups in total. The summed E-state index contributed by atoms with van der Waals surface area (Å²) < 4.78 is 5.44. The molecular weight excluding hydrogens is 280 g/mol. The molecule has 1 aromatic rings. The summed E-state index contributed by atoms with van der Waals surface area (Å²) in [6.45, 7) is 3.26. The Labute approximate surface area is 131 Å². The normalized spacial score (nSPS) is 18.7. The molecule has 0 radical (unpaired) electrons. The Morgan fingerprint density at radius 3 is 2.64 bits per heavy atom. The van der Waals surface area contributed by atoms with Gasteiger partial charge in [0.25, 0.3) is 0 Å². The van der Waals surface area contributed by atoms with Crippen LogP contribution in [0.4, 0.5) is 0 Å². The lowest BCUT2D eigenvalue weighted by Gasteiger charge is -2.14. The zero-order chi connectivity index (χ0) is 15.8. The number of benzene rings is 1. The molecule has 0 unspecified atom stereocenters. The maximum Gasteiger partial charge on any atom is 0.220 e. The van der Waals surface area contributed by atoms with E-state index in [4.69, 9.17) is 4.74 Å². The van der Waals surface area contributed by atoms with Crippen molar-refractivity contribution in [1.29, 1.82) is 0 Å². The van der Waals surface area contributed by atoms with Crippen LogP contribution < -0.4 is 10.6 Å². The van der Waals surface area contributed by atoms with Crippen LogP contribution in [0.2, 0.25) is 0 Å². The van der Waals surface area contributed by atoms with Gasteiger partial charge in [0.15, 0.2) is 0 Å². The molecule has 1 aliphatic rings. The van der Waals surface area contributed by atoms with Crippen LogP contribution in [0.3, 0.4) is 0 Å². The molecule has 1 aliphatic heterocycles. The molecule has 1 heterocycles. The second kappa shape index (κ2) is 8.54. The molecule has 0 spiro atoms. The van der Waals surface area contributed by atoms with E-state index < -0.39 is 0 Å². The van der Waals surface area contributed by atoms with Crippen LogP contribution in [0.25, 0.3) is 0 Å². The number of hydrogen-bond donors (Lipinski definition) is 2. The lowest BCUT2D eigenvalue weighted by Crippen LogP contribution is -2.33. The minimum absolute atomic E-state index is 0.0522. The first kappa shape index (κ1) is 16.5. The van der Waals surface area contributed by atoms with Crippen LogP contribution >= 0.6 is 0 Å². The largest absolute Gasteiger partial charge is 0.376 e. The lowest BCUT2D eigenvalue weighted by molar-refractivity contribution is -0.127. The molecular formula is C17H24N2O3. The minimum atomic E-state index is -0.108. The van der Waals surface area contributed by atoms with E-state index in [1.54, 1.807) is 0 Å². The first-order chi connectivity index (χ1) is 10.6. The summed E-state index contributed by atoms with van der Waals surface area (Å²) in [5.41, 5.74) is 1.05. The number of amides is 2. The van der Waals surface area contributed by atoms with E-state index in [-0.39, 0.29) is 36.8 Å². The third-order valence-corrected chi connectivity index (χ3v) is 3.81. The third kappa shape index (κ3) is 5.48. The summed E-state index contributed by atoms with van der Waals surface area (Å²) in [4.78, 5) is 23.6. The fourth-order valence-corrected chi connectivity index (χ4v) is 2.49. The predicted octanol–water partition coefficient (Wildman–Crippen LogP) is 1.94. The molecule has 0 bridgehead atoms. The van der Waals surface area contributed by atoms with Gasteiger partial charge in [0.1, 0.15) is 0 Å². The molecule has 0 aliphatic carbocycles. The Balaban J connectivity index is 1.63. The highest BCUT2D eigenvalue weighted by Crippen LogP contribution is 2.12. The van der Waals surface area contributed by atoms with Crippen LogP contribution in [0.1, 0.15) is 44.2 Å². The Hall–Kier alpha value is -1.88. The monoisotopic (exact) mass is 304 g/mol. The average molecular weight is 304 g/mol. The molecule has 1 saturated heterocycles. The van der Waals surface area contributed by atoms with Gasteiger partial charge in [-0.25, -0.2) is 0 Å². The van der Waals surface area contributed by atoms with Crippen molar-refractivity contribution in [3.63, 3.8) is 0 Å². The van der Waals surface area contributed by atoms with Crippen LogP contribution in [-0.4, -0.2) is 31.1 Å². The van der Waals surface area contributed by atoms with E-state index in [9.17, 15) is 9.59 Å². The SMILES string of the molecule is C[C@H](NC(=O)CCC(=O)NC[C@H]1CCCO1)c1ccccc1. The lowest BCUT2D eigenvalue weighted by atomic mass is 10.1. The van der Waals surface area contributed by atoms with Crippen molar-refractivity contribution in [2.75, 3.05) is 13.2 Å². The molecule has 1 fully saturated rings. The van der Waals surface area contributed by atoms with Gasteiger partial charge in [0.2, 0.25) is 11.8 Å². The van der Waals surface area contributed by atoms with Crippen molar-refractivity contribution in [3.05, 3.63) is 35.9 Å². The van der Waals surface area contributed by atoms with Crippen molar-refractivity contribution in [1.82, 2.24) is 10.6 Å². The molecule has 2 amide bonds. The van der Waals surface area contributed by atoms with Gasteiger partial charge in [-0.1, -0.05) is 30.3 Å². The number of carbonyl (C=O) groups is 2. The van der Waals surface area contributed by atoms with Crippen LogP contribution in [0.15, 0.2) is 30.3 Å². The summed E-state index contributed by atoms with van der Waals surface area (Å²) in [6.07, 6.45) is 2.60. The number of ether oxygens (including phenoxy) is 1. The molecule has 1 aromatic carbocycles. The molecule has 5 nitrogen and oxygen atoms in total. The van der Waals surface area contributed by atoms with E-state index in [0.29, 0.717) is 6.54 Å². The van der Waals surface area contributed by atoms with Gasteiger partial charge in [-0.15, -0.1) is 0 Å². The molecule has 22 heavy (non-hydrogen) atoms. The summed E-state index contributed by atoms with van der Waals surface area (Å²) in [5.74, 6) is -0.207. The highest BCUT2D eigenvalue weighted by Gasteiger charge is 2.16. The average Bonchev–Trinajstić information content (AvgIpc) is 3.05. The standard InChI is InChI=1S/C17H24N2O3/c1-13(14-6-3-2-4-7-14)19-17(21)10-9-16(20)18-12-15-8-5-11-22-15/h2-4,6-7,13,15H,5,8-12H2,1H3,(H,18,20)(H,19,21)/t13-,15+/m0/s1. The first-order valence-corrected chi connectivity index (χ1v) is 7.88. The van der Waals surface area contributed by atoms with Gasteiger partial charge in [0.05, 0.1) is 12.1 Å². The second-order valence-corrected chi connectivity index (χ2v) is 5.64. The van der Waals surface area contributed by atoms with Gasteiger partial charge in [-0.3, -0.25) is 9.59 Å². The molecule has 2 atom stereocenters. The molecule has 0 saturated carbocycles. The van der Waals surface area contributed by atoms with Crippen molar-refractivity contribution >= 4 is 11.8 Å². The maximum atomic E-state index is 11.9. The van der Waals surface area contributed by atoms with Crippen molar-refractivity contribution in [2.24, 2.45) is 0 Å². The quantitative estimate of drug-likeness (QED) is 0.809. The number of hydrogen-bond acceptors (Lipinski definition) is 3. The summed E-state index contributed by atoms with van der Waals surface area (Å²) in [7, 11) is 0. The highest BCUT2D eigenvalue weighted by molar-refractivity contribution is 5.83. The number of nitrogens with one attached hydrogen (secondary N) is 2. The van der Waals surface area contributed by atoms with Gasteiger partial charge in [-0.2, -0.15) is 0 Å². The fraction of sp³-hybridized carbons (Fsp3) is 0.529. The van der Waals surface area contributed by atoms with Crippen molar-refractivity contribution < 1.29 is 14.3 Å². The second-order valence-electron chi connectivity index (χ2n) is 5.64. The Kier molecular flexibility index (Phi) is 6.40. The molecule has 120 valence electrons. The predicted molar refractivity (Wildman–Crippen MR) is 84.2 cm³/mol. The van der Waals surface area contributed by atoms with Crippen molar-refractivity contribution in [2.45, 2.75) is 44.8 Å². The Morgan fingerprint density at radius 2 is 1.95 bits per heavy atom. The highest BCUT2D eigenvalue weighted by atomic mass is 16.5. The first-order valence-electron chi connectivity index (χ1n) is 7.88. The van der Waals surface area contributed by atoms with Gasteiger partial charge >= 0.3 is 0 Å². The maximum absolute atomic E-state index is 11.9. The van der Waals surface area contributed by atoms with E-state index >= 15 is 0 Å². The van der Waals surface area contributed by atoms with Crippen LogP contribution in [0.5, 0.6) is 0 Å². The number of carbonyl (C=O) groups excluding carboxylic acids is 2. The van der Waals surface area contributed by atoms with E-state index in [0.717, 1.165) is 25.0 Å². The summed E-state index contributed by atoms with van der Waals surface area (Å²) >= 11 is 0. The zero-order valence-corrected chi connectivity index (χ0v) is 13.0. The Morgan fingerprint density at radius 1 is 1.23 bits per heavy atom. The summed E-state index contributed by atoms with van der Waals surface area (Å²) in [5, 5.41) is 5.73. The molecule has 5 heteroatoms. The molecule has 2 rings (SSSR count). The van der Waals surface area contributed by atoms with Crippen molar-refractivity contribution in [3.8, 4) is 0 Å². The fourth-order valence-electron chi connectivity index (χ4n) is 2.49. The van der Waals surface area contributed by atoms with Gasteiger partial charge in [0, 0.05) is 26.0 Å². The topological polar surface area (TPSA) is 67.4 Å². The Bertz CT molecular complexity index is 484. The van der Waals surface area contributed by atoms with E-state index in [1.165, 1.54) is 0 Å². The molecule has 0 aromatic heterocycles. The third-order valence-electron chi connectivity index (χ3n) is 3.81. The summed E-state index contributed by atoms with van der Waals surface area (Å²) in [6, 6.07) is 9.71. The smallest absolute Gasteiger partial charge is 0.220 e. The van der Waals surface area contributed by atoms with Crippen LogP contribution in [0, 0.1) is 0 Å². The van der Waals surface area contributed by atoms with Gasteiger partial charge < -0.3 is 15.4 Å². The van der Waals surface area contributed by atoms with E-state index in [2.05, 4.69) is 10.6 Å². The van der Waals surface area contributed by atoms with E-state index in [1.807, 2.05) is 37.3 Å². The van der Waals surface area contributed by atoms with Gasteiger partial charge in [-0.05, 0) is 25.3 Å². The minimum Gasteiger partial charge on any atom is -0.376 e.